The number of aromatic carboxylic acids is 1. The molecule has 1 aliphatic rings. The van der Waals surface area contributed by atoms with Gasteiger partial charge in [0, 0.05) is 0 Å². The van der Waals surface area contributed by atoms with E-state index in [2.05, 4.69) is 26.0 Å². The van der Waals surface area contributed by atoms with E-state index >= 15 is 0 Å². The molecule has 3 aromatic rings. The fourth-order valence-corrected chi connectivity index (χ4v) is 4.53. The quantitative estimate of drug-likeness (QED) is 0.146. The second-order valence-corrected chi connectivity index (χ2v) is 9.92. The molecule has 0 aliphatic carbocycles. The predicted molar refractivity (Wildman–Crippen MR) is 127 cm³/mol. The summed E-state index contributed by atoms with van der Waals surface area (Å²) in [6.07, 6.45) is -0.0437. The van der Waals surface area contributed by atoms with E-state index < -0.39 is 55.6 Å². The smallest absolute Gasteiger partial charge is 0.534 e. The summed E-state index contributed by atoms with van der Waals surface area (Å²) in [6.45, 7) is 1.47. The molecule has 2 atom stereocenters. The van der Waals surface area contributed by atoms with Crippen LogP contribution in [0.1, 0.15) is 43.7 Å². The summed E-state index contributed by atoms with van der Waals surface area (Å²) in [5.74, 6) is -5.55. The van der Waals surface area contributed by atoms with Crippen LogP contribution in [0.15, 0.2) is 36.4 Å². The molecule has 2 aromatic carbocycles. The van der Waals surface area contributed by atoms with Gasteiger partial charge in [-0.2, -0.15) is 15.4 Å². The number of benzene rings is 2. The molecular weight excluding hydrogens is 527 g/mol. The number of fused-ring (bicyclic) bond motifs is 1. The van der Waals surface area contributed by atoms with Gasteiger partial charge in [0.25, 0.3) is 5.91 Å². The van der Waals surface area contributed by atoms with Crippen LogP contribution in [0.2, 0.25) is 0 Å². The lowest BCUT2D eigenvalue weighted by Crippen LogP contribution is -2.55. The minimum absolute atomic E-state index is 0.0437. The number of para-hydroxylation sites is 1. The highest BCUT2D eigenvalue weighted by Gasteiger charge is 2.39. The number of amides is 2. The molecule has 38 heavy (non-hydrogen) atoms. The van der Waals surface area contributed by atoms with Crippen molar-refractivity contribution in [1.29, 1.82) is 0 Å². The highest BCUT2D eigenvalue weighted by Crippen LogP contribution is 2.35. The molecule has 0 fully saturated rings. The number of aryl methyl sites for hydroxylation is 1. The second kappa shape index (κ2) is 10.3. The zero-order valence-corrected chi connectivity index (χ0v) is 20.3. The van der Waals surface area contributed by atoms with Gasteiger partial charge in [-0.1, -0.05) is 18.2 Å². The number of carboxylic acid groups (broad SMARTS) is 1. The molecule has 2 amide bonds. The van der Waals surface area contributed by atoms with Gasteiger partial charge in [0.1, 0.15) is 17.6 Å². The van der Waals surface area contributed by atoms with Gasteiger partial charge < -0.3 is 35.2 Å². The van der Waals surface area contributed by atoms with E-state index in [1.165, 1.54) is 19.1 Å². The standard InChI is InChI=1S/C21H20BFN5O9P/c1-9-16(27-28-26-9)19(29)25-17(10-5-6-14(13(23)7-10)38(34,35)36)20(30)24-15-8-11-3-2-4-12(21(31)32)18(11)37-22(15)33/h2-7,15,17,33H,8H2,1H3,(H,24,30)(H,25,29)(H,31,32)(H,26,27,28)(H2,34,35,36)/t15-,17?/m0/s1. The Kier molecular flexibility index (Phi) is 7.33. The molecule has 2 heterocycles. The Balaban J connectivity index is 1.64. The molecule has 1 aromatic heterocycles. The predicted octanol–water partition coefficient (Wildman–Crippen LogP) is -0.636. The molecule has 1 aliphatic heterocycles. The maximum absolute atomic E-state index is 14.6. The summed E-state index contributed by atoms with van der Waals surface area (Å²) in [6, 6.07) is 5.24. The SMILES string of the molecule is Cc1n[nH]nc1C(=O)NC(C(=O)N[C@H]1Cc2cccc(C(=O)O)c2OB1O)c1ccc(P(=O)(O)O)c(F)c1. The minimum atomic E-state index is -4.96. The number of nitrogens with zero attached hydrogens (tertiary/aromatic N) is 2. The molecule has 0 saturated heterocycles. The maximum atomic E-state index is 14.6. The molecule has 1 unspecified atom stereocenters. The average Bonchev–Trinajstić information content (AvgIpc) is 3.27. The van der Waals surface area contributed by atoms with E-state index in [0.29, 0.717) is 11.6 Å². The van der Waals surface area contributed by atoms with E-state index in [1.807, 2.05) is 0 Å². The number of rotatable bonds is 7. The van der Waals surface area contributed by atoms with Gasteiger partial charge in [0.05, 0.1) is 22.5 Å². The summed E-state index contributed by atoms with van der Waals surface area (Å²) >= 11 is 0. The number of H-pyrrole nitrogens is 1. The topological polar surface area (TPSA) is 224 Å². The number of aromatic nitrogens is 3. The fourth-order valence-electron chi connectivity index (χ4n) is 3.92. The summed E-state index contributed by atoms with van der Waals surface area (Å²) in [5.41, 5.74) is 0.0702. The van der Waals surface area contributed by atoms with E-state index in [4.69, 9.17) is 4.65 Å². The molecule has 0 saturated carbocycles. The van der Waals surface area contributed by atoms with Crippen molar-refractivity contribution in [3.05, 3.63) is 70.3 Å². The van der Waals surface area contributed by atoms with Crippen LogP contribution in [0.5, 0.6) is 5.75 Å². The monoisotopic (exact) mass is 547 g/mol. The van der Waals surface area contributed by atoms with Gasteiger partial charge in [-0.25, -0.2) is 9.18 Å². The largest absolute Gasteiger partial charge is 0.547 e. The van der Waals surface area contributed by atoms with E-state index in [1.54, 1.807) is 6.07 Å². The molecule has 0 bridgehead atoms. The number of carbonyl (C=O) groups excluding carboxylic acids is 2. The van der Waals surface area contributed by atoms with Gasteiger partial charge >= 0.3 is 20.7 Å². The fraction of sp³-hybridized carbons (Fsp3) is 0.190. The Morgan fingerprint density at radius 2 is 1.97 bits per heavy atom. The van der Waals surface area contributed by atoms with Crippen LogP contribution in [-0.2, 0) is 15.8 Å². The first-order valence-electron chi connectivity index (χ1n) is 10.9. The lowest BCUT2D eigenvalue weighted by atomic mass is 9.72. The highest BCUT2D eigenvalue weighted by molar-refractivity contribution is 7.60. The Hall–Kier alpha value is -4.11. The third-order valence-corrected chi connectivity index (χ3v) is 6.76. The van der Waals surface area contributed by atoms with Crippen molar-refractivity contribution in [3.63, 3.8) is 0 Å². The van der Waals surface area contributed by atoms with Crippen LogP contribution < -0.4 is 20.6 Å². The summed E-state index contributed by atoms with van der Waals surface area (Å²) in [7, 11) is -6.63. The molecule has 198 valence electrons. The van der Waals surface area contributed by atoms with Crippen molar-refractivity contribution >= 4 is 37.8 Å². The van der Waals surface area contributed by atoms with Crippen LogP contribution in [0.25, 0.3) is 0 Å². The molecule has 0 spiro atoms. The van der Waals surface area contributed by atoms with Crippen LogP contribution in [0.4, 0.5) is 4.39 Å². The first-order valence-corrected chi connectivity index (χ1v) is 12.5. The van der Waals surface area contributed by atoms with Gasteiger partial charge in [-0.3, -0.25) is 14.2 Å². The molecule has 7 N–H and O–H groups in total. The number of hydrogen-bond donors (Lipinski definition) is 7. The van der Waals surface area contributed by atoms with Gasteiger partial charge in [-0.15, -0.1) is 0 Å². The lowest BCUT2D eigenvalue weighted by molar-refractivity contribution is -0.123. The van der Waals surface area contributed by atoms with E-state index in [9.17, 15) is 43.3 Å². The molecule has 14 nitrogen and oxygen atoms in total. The van der Waals surface area contributed by atoms with Crippen molar-refractivity contribution in [2.75, 3.05) is 0 Å². The van der Waals surface area contributed by atoms with Crippen molar-refractivity contribution < 1.29 is 47.9 Å². The van der Waals surface area contributed by atoms with Crippen LogP contribution in [-0.4, -0.2) is 66.2 Å². The molecule has 0 radical (unpaired) electrons. The molecule has 4 rings (SSSR count). The molecule has 17 heteroatoms. The zero-order chi connectivity index (χ0) is 27.8. The van der Waals surface area contributed by atoms with Gasteiger partial charge in [-0.05, 0) is 42.7 Å². The van der Waals surface area contributed by atoms with Crippen LogP contribution in [0, 0.1) is 12.7 Å². The van der Waals surface area contributed by atoms with Crippen molar-refractivity contribution in [2.24, 2.45) is 0 Å². The van der Waals surface area contributed by atoms with Gasteiger partial charge in [0.15, 0.2) is 5.69 Å². The normalized spacial score (nSPS) is 15.7. The summed E-state index contributed by atoms with van der Waals surface area (Å²) in [4.78, 5) is 56.2. The van der Waals surface area contributed by atoms with E-state index in [0.717, 1.165) is 12.1 Å². The van der Waals surface area contributed by atoms with Crippen LogP contribution >= 0.6 is 7.60 Å². The van der Waals surface area contributed by atoms with E-state index in [-0.39, 0.29) is 34.7 Å². The summed E-state index contributed by atoms with van der Waals surface area (Å²) in [5, 5.41) is 33.5. The number of nitrogens with one attached hydrogen (secondary N) is 3. The van der Waals surface area contributed by atoms with Gasteiger partial charge in [0.2, 0.25) is 5.91 Å². The zero-order valence-electron chi connectivity index (χ0n) is 19.5. The number of aromatic amines is 1. The Morgan fingerprint density at radius 1 is 1.24 bits per heavy atom. The number of carbonyl (C=O) groups is 3. The summed E-state index contributed by atoms with van der Waals surface area (Å²) < 4.78 is 31.4. The minimum Gasteiger partial charge on any atom is -0.534 e. The Labute approximate surface area is 213 Å². The third-order valence-electron chi connectivity index (χ3n) is 5.77. The van der Waals surface area contributed by atoms with Crippen molar-refractivity contribution in [1.82, 2.24) is 26.0 Å². The highest BCUT2D eigenvalue weighted by atomic mass is 31.2. The Bertz CT molecular complexity index is 1480. The lowest BCUT2D eigenvalue weighted by Gasteiger charge is -2.30. The third kappa shape index (κ3) is 5.43. The first kappa shape index (κ1) is 26.9. The molecular formula is C21H20BFN5O9P. The van der Waals surface area contributed by atoms with Crippen molar-refractivity contribution in [2.45, 2.75) is 25.3 Å². The number of carboxylic acids is 1. The Morgan fingerprint density at radius 3 is 2.58 bits per heavy atom. The van der Waals surface area contributed by atoms with Crippen LogP contribution in [0.3, 0.4) is 0 Å². The average molecular weight is 547 g/mol. The maximum Gasteiger partial charge on any atom is 0.547 e. The number of hydrogen-bond acceptors (Lipinski definition) is 8. The first-order chi connectivity index (χ1) is 17.9. The number of halogens is 1. The van der Waals surface area contributed by atoms with Crippen molar-refractivity contribution in [3.8, 4) is 5.75 Å². The second-order valence-electron chi connectivity index (χ2n) is 8.35.